The Balaban J connectivity index is 1.65. The molecule has 152 valence electrons. The molecule has 0 spiro atoms. The molecule has 2 aromatic heterocycles. The molecule has 3 rings (SSSR count). The van der Waals surface area contributed by atoms with Crippen molar-refractivity contribution >= 4 is 49.6 Å². The molecule has 3 N–H and O–H groups in total. The van der Waals surface area contributed by atoms with Crippen LogP contribution in [0.5, 0.6) is 0 Å². The van der Waals surface area contributed by atoms with Crippen molar-refractivity contribution in [3.8, 4) is 0 Å². The van der Waals surface area contributed by atoms with E-state index in [0.717, 1.165) is 11.3 Å². The predicted octanol–water partition coefficient (Wildman–Crippen LogP) is 3.92. The molecule has 0 aliphatic heterocycles. The van der Waals surface area contributed by atoms with Crippen molar-refractivity contribution in [3.63, 3.8) is 0 Å². The highest BCUT2D eigenvalue weighted by atomic mass is 32.2. The van der Waals surface area contributed by atoms with Crippen molar-refractivity contribution in [2.45, 2.75) is 13.8 Å². The maximum atomic E-state index is 12.5. The fraction of sp³-hybridized carbons (Fsp3) is 0.158. The van der Waals surface area contributed by atoms with E-state index in [9.17, 15) is 18.0 Å². The van der Waals surface area contributed by atoms with Crippen molar-refractivity contribution in [3.05, 3.63) is 64.9 Å². The maximum absolute atomic E-state index is 12.5. The monoisotopic (exact) mass is 433 g/mol. The minimum atomic E-state index is -3.37. The molecule has 0 saturated heterocycles. The highest BCUT2D eigenvalue weighted by Gasteiger charge is 2.14. The molecule has 2 amide bonds. The molecule has 10 heteroatoms. The van der Waals surface area contributed by atoms with Gasteiger partial charge in [-0.1, -0.05) is 0 Å². The van der Waals surface area contributed by atoms with E-state index >= 15 is 0 Å². The summed E-state index contributed by atoms with van der Waals surface area (Å²) >= 11 is 1.13. The minimum Gasteiger partial charge on any atom is -0.459 e. The zero-order valence-electron chi connectivity index (χ0n) is 15.7. The summed E-state index contributed by atoms with van der Waals surface area (Å²) < 4.78 is 30.9. The van der Waals surface area contributed by atoms with Crippen molar-refractivity contribution in [2.24, 2.45) is 0 Å². The Morgan fingerprint density at radius 3 is 2.52 bits per heavy atom. The second-order valence-electron chi connectivity index (χ2n) is 6.08. The number of carbonyl (C=O) groups excluding carboxylic acids is 2. The number of rotatable bonds is 7. The first kappa shape index (κ1) is 20.6. The second-order valence-corrected chi connectivity index (χ2v) is 9.18. The normalized spacial score (nSPS) is 11.1. The number of aryl methyl sites for hydroxylation is 1. The van der Waals surface area contributed by atoms with E-state index < -0.39 is 15.9 Å². The number of amides is 2. The molecular formula is C19H19N3O5S2. The van der Waals surface area contributed by atoms with Crippen LogP contribution < -0.4 is 15.4 Å². The van der Waals surface area contributed by atoms with E-state index in [0.29, 0.717) is 26.8 Å². The first-order valence-corrected chi connectivity index (χ1v) is 11.1. The standard InChI is InChI=1S/C19H19N3O5S2/c1-3-29(25,26)22-14-7-6-13(11-12(14)2)20-19(24)16-8-9-17(28-16)21-18(23)15-5-4-10-27-15/h4-11,22H,3H2,1-2H3,(H,20,24)(H,21,23). The van der Waals surface area contributed by atoms with E-state index in [1.165, 1.54) is 6.26 Å². The van der Waals surface area contributed by atoms with E-state index in [-0.39, 0.29) is 17.4 Å². The number of hydrogen-bond donors (Lipinski definition) is 3. The molecule has 0 bridgehead atoms. The molecule has 0 aliphatic rings. The van der Waals surface area contributed by atoms with Crippen molar-refractivity contribution in [1.82, 2.24) is 0 Å². The Hall–Kier alpha value is -3.11. The van der Waals surface area contributed by atoms with Crippen LogP contribution in [-0.4, -0.2) is 26.0 Å². The molecule has 8 nitrogen and oxygen atoms in total. The number of hydrogen-bond acceptors (Lipinski definition) is 6. The fourth-order valence-electron chi connectivity index (χ4n) is 2.40. The number of anilines is 3. The van der Waals surface area contributed by atoms with Crippen LogP contribution in [-0.2, 0) is 10.0 Å². The summed E-state index contributed by atoms with van der Waals surface area (Å²) in [6, 6.07) is 11.3. The highest BCUT2D eigenvalue weighted by molar-refractivity contribution is 7.92. The summed E-state index contributed by atoms with van der Waals surface area (Å²) in [5, 5.41) is 5.94. The number of thiophene rings is 1. The molecule has 1 aromatic carbocycles. The Kier molecular flexibility index (Phi) is 6.04. The first-order chi connectivity index (χ1) is 13.8. The lowest BCUT2D eigenvalue weighted by atomic mass is 10.2. The molecule has 29 heavy (non-hydrogen) atoms. The lowest BCUT2D eigenvalue weighted by molar-refractivity contribution is 0.0995. The molecule has 0 aliphatic carbocycles. The topological polar surface area (TPSA) is 118 Å². The largest absolute Gasteiger partial charge is 0.459 e. The van der Waals surface area contributed by atoms with Gasteiger partial charge in [-0.05, 0) is 61.9 Å². The third-order valence-electron chi connectivity index (χ3n) is 3.94. The Labute approximate surface area is 172 Å². The third-order valence-corrected chi connectivity index (χ3v) is 6.23. The average Bonchev–Trinajstić information content (AvgIpc) is 3.36. The maximum Gasteiger partial charge on any atom is 0.291 e. The summed E-state index contributed by atoms with van der Waals surface area (Å²) in [5.74, 6) is -0.583. The van der Waals surface area contributed by atoms with E-state index in [2.05, 4.69) is 15.4 Å². The van der Waals surface area contributed by atoms with Crippen LogP contribution >= 0.6 is 11.3 Å². The first-order valence-electron chi connectivity index (χ1n) is 8.64. The summed E-state index contributed by atoms with van der Waals surface area (Å²) in [7, 11) is -3.37. The average molecular weight is 434 g/mol. The molecule has 0 atom stereocenters. The molecule has 0 fully saturated rings. The molecular weight excluding hydrogens is 414 g/mol. The van der Waals surface area contributed by atoms with Gasteiger partial charge >= 0.3 is 0 Å². The third kappa shape index (κ3) is 5.24. The molecule has 2 heterocycles. The number of sulfonamides is 1. The van der Waals surface area contributed by atoms with Gasteiger partial charge in [-0.2, -0.15) is 0 Å². The second kappa shape index (κ2) is 8.50. The van der Waals surface area contributed by atoms with Gasteiger partial charge in [-0.25, -0.2) is 8.42 Å². The van der Waals surface area contributed by atoms with Crippen LogP contribution in [0.2, 0.25) is 0 Å². The lowest BCUT2D eigenvalue weighted by Crippen LogP contribution is -2.15. The summed E-state index contributed by atoms with van der Waals surface area (Å²) in [4.78, 5) is 24.9. The van der Waals surface area contributed by atoms with Gasteiger partial charge in [0.2, 0.25) is 10.0 Å². The van der Waals surface area contributed by atoms with E-state index in [1.807, 2.05) is 0 Å². The van der Waals surface area contributed by atoms with Crippen molar-refractivity contribution in [2.75, 3.05) is 21.1 Å². The van der Waals surface area contributed by atoms with Gasteiger partial charge in [-0.15, -0.1) is 11.3 Å². The van der Waals surface area contributed by atoms with Crippen LogP contribution in [0.25, 0.3) is 0 Å². The summed E-state index contributed by atoms with van der Waals surface area (Å²) in [6.07, 6.45) is 1.41. The summed E-state index contributed by atoms with van der Waals surface area (Å²) in [6.45, 7) is 3.30. The van der Waals surface area contributed by atoms with Crippen LogP contribution in [0.1, 0.15) is 32.7 Å². The van der Waals surface area contributed by atoms with Gasteiger partial charge in [0.05, 0.1) is 27.6 Å². The van der Waals surface area contributed by atoms with Crippen LogP contribution in [0.3, 0.4) is 0 Å². The van der Waals surface area contributed by atoms with Gasteiger partial charge in [0.25, 0.3) is 11.8 Å². The molecule has 0 unspecified atom stereocenters. The Morgan fingerprint density at radius 2 is 1.86 bits per heavy atom. The lowest BCUT2D eigenvalue weighted by Gasteiger charge is -2.11. The molecule has 0 saturated carbocycles. The van der Waals surface area contributed by atoms with Crippen molar-refractivity contribution in [1.29, 1.82) is 0 Å². The fourth-order valence-corrected chi connectivity index (χ4v) is 3.90. The Morgan fingerprint density at radius 1 is 1.07 bits per heavy atom. The quantitative estimate of drug-likeness (QED) is 0.522. The molecule has 0 radical (unpaired) electrons. The van der Waals surface area contributed by atoms with Gasteiger partial charge < -0.3 is 15.1 Å². The number of carbonyl (C=O) groups is 2. The molecule has 3 aromatic rings. The van der Waals surface area contributed by atoms with E-state index in [4.69, 9.17) is 4.42 Å². The number of nitrogens with one attached hydrogen (secondary N) is 3. The number of benzene rings is 1. The Bertz CT molecular complexity index is 1130. The smallest absolute Gasteiger partial charge is 0.291 e. The number of furan rings is 1. The van der Waals surface area contributed by atoms with Crippen LogP contribution in [0.4, 0.5) is 16.4 Å². The van der Waals surface area contributed by atoms with Crippen LogP contribution in [0.15, 0.2) is 53.1 Å². The summed E-state index contributed by atoms with van der Waals surface area (Å²) in [5.41, 5.74) is 1.67. The van der Waals surface area contributed by atoms with Gasteiger partial charge in [0.15, 0.2) is 5.76 Å². The zero-order chi connectivity index (χ0) is 21.0. The van der Waals surface area contributed by atoms with Gasteiger partial charge in [-0.3, -0.25) is 14.3 Å². The zero-order valence-corrected chi connectivity index (χ0v) is 17.3. The SMILES string of the molecule is CCS(=O)(=O)Nc1ccc(NC(=O)c2ccc(NC(=O)c3ccco3)s2)cc1C. The van der Waals surface area contributed by atoms with E-state index in [1.54, 1.807) is 56.3 Å². The van der Waals surface area contributed by atoms with Crippen LogP contribution in [0, 0.1) is 6.92 Å². The minimum absolute atomic E-state index is 0.0257. The predicted molar refractivity (Wildman–Crippen MR) is 113 cm³/mol. The highest BCUT2D eigenvalue weighted by Crippen LogP contribution is 2.25. The van der Waals surface area contributed by atoms with Gasteiger partial charge in [0.1, 0.15) is 0 Å². The van der Waals surface area contributed by atoms with Crippen molar-refractivity contribution < 1.29 is 22.4 Å². The van der Waals surface area contributed by atoms with Gasteiger partial charge in [0, 0.05) is 5.69 Å².